The van der Waals surface area contributed by atoms with Gasteiger partial charge < -0.3 is 5.11 Å². The minimum Gasteiger partial charge on any atom is -0.392 e. The van der Waals surface area contributed by atoms with Crippen LogP contribution in [0.15, 0.2) is 40.6 Å². The molecule has 0 amide bonds. The van der Waals surface area contributed by atoms with Gasteiger partial charge in [-0.3, -0.25) is 0 Å². The molecule has 0 radical (unpaired) electrons. The van der Waals surface area contributed by atoms with Gasteiger partial charge >= 0.3 is 0 Å². The van der Waals surface area contributed by atoms with E-state index in [1.165, 1.54) is 11.3 Å². The van der Waals surface area contributed by atoms with E-state index >= 15 is 0 Å². The Labute approximate surface area is 116 Å². The number of hydrogen-bond donors (Lipinski definition) is 2. The topological polar surface area (TPSA) is 66.4 Å². The van der Waals surface area contributed by atoms with Crippen LogP contribution in [0.25, 0.3) is 0 Å². The molecule has 1 aromatic heterocycles. The highest BCUT2D eigenvalue weighted by Gasteiger charge is 2.15. The molecule has 0 aliphatic heterocycles. The smallest absolute Gasteiger partial charge is 0.250 e. The summed E-state index contributed by atoms with van der Waals surface area (Å²) in [4.78, 5) is 0.961. The monoisotopic (exact) mass is 297 g/mol. The summed E-state index contributed by atoms with van der Waals surface area (Å²) < 4.78 is 26.9. The third-order valence-corrected chi connectivity index (χ3v) is 5.51. The highest BCUT2D eigenvalue weighted by molar-refractivity contribution is 7.91. The summed E-state index contributed by atoms with van der Waals surface area (Å²) in [5, 5.41) is 9.03. The molecule has 0 spiro atoms. The Morgan fingerprint density at radius 3 is 2.58 bits per heavy atom. The van der Waals surface area contributed by atoms with Crippen LogP contribution in [0.3, 0.4) is 0 Å². The van der Waals surface area contributed by atoms with Crippen molar-refractivity contribution in [2.45, 2.75) is 24.3 Å². The van der Waals surface area contributed by atoms with E-state index in [0.29, 0.717) is 4.21 Å². The normalized spacial score (nSPS) is 11.7. The first kappa shape index (κ1) is 14.2. The van der Waals surface area contributed by atoms with Gasteiger partial charge in [0.05, 0.1) is 6.61 Å². The summed E-state index contributed by atoms with van der Waals surface area (Å²) in [5.41, 5.74) is 1.59. The maximum Gasteiger partial charge on any atom is 0.250 e. The second kappa shape index (κ2) is 5.83. The third-order valence-electron chi connectivity index (χ3n) is 2.62. The average molecular weight is 297 g/mol. The number of benzene rings is 1. The predicted octanol–water partition coefficient (Wildman–Crippen LogP) is 2.03. The average Bonchev–Trinajstić information content (AvgIpc) is 2.84. The Hall–Kier alpha value is -1.21. The minimum atomic E-state index is -3.45. The predicted molar refractivity (Wildman–Crippen MR) is 75.4 cm³/mol. The van der Waals surface area contributed by atoms with E-state index in [1.807, 2.05) is 13.0 Å². The zero-order chi connectivity index (χ0) is 13.9. The summed E-state index contributed by atoms with van der Waals surface area (Å²) >= 11 is 1.25. The maximum absolute atomic E-state index is 12.0. The lowest BCUT2D eigenvalue weighted by Crippen LogP contribution is -2.22. The van der Waals surface area contributed by atoms with E-state index in [1.54, 1.807) is 30.3 Å². The molecule has 6 heteroatoms. The molecule has 0 atom stereocenters. The number of rotatable bonds is 5. The molecule has 2 N–H and O–H groups in total. The maximum atomic E-state index is 12.0. The Morgan fingerprint density at radius 1 is 1.21 bits per heavy atom. The quantitative estimate of drug-likeness (QED) is 0.887. The minimum absolute atomic E-state index is 0.0509. The molecule has 0 saturated carbocycles. The molecular weight excluding hydrogens is 282 g/mol. The molecule has 0 aliphatic rings. The third kappa shape index (κ3) is 3.63. The van der Waals surface area contributed by atoms with Gasteiger partial charge in [0.2, 0.25) is 10.0 Å². The highest BCUT2D eigenvalue weighted by atomic mass is 32.2. The zero-order valence-corrected chi connectivity index (χ0v) is 12.1. The first-order valence-corrected chi connectivity index (χ1v) is 8.06. The number of nitrogens with one attached hydrogen (secondary N) is 1. The Kier molecular flexibility index (Phi) is 4.36. The number of aliphatic hydroxyl groups excluding tert-OH is 1. The van der Waals surface area contributed by atoms with Crippen molar-refractivity contribution in [3.63, 3.8) is 0 Å². The summed E-state index contributed by atoms with van der Waals surface area (Å²) in [7, 11) is -3.45. The largest absolute Gasteiger partial charge is 0.392 e. The van der Waals surface area contributed by atoms with Gasteiger partial charge in [-0.25, -0.2) is 13.1 Å². The molecule has 2 aromatic rings. The fourth-order valence-corrected chi connectivity index (χ4v) is 3.99. The van der Waals surface area contributed by atoms with Crippen molar-refractivity contribution in [2.75, 3.05) is 0 Å². The van der Waals surface area contributed by atoms with Gasteiger partial charge in [-0.05, 0) is 30.2 Å². The molecule has 19 heavy (non-hydrogen) atoms. The lowest BCUT2D eigenvalue weighted by Gasteiger charge is -2.06. The molecule has 1 heterocycles. The van der Waals surface area contributed by atoms with Crippen molar-refractivity contribution in [2.24, 2.45) is 0 Å². The molecule has 4 nitrogen and oxygen atoms in total. The van der Waals surface area contributed by atoms with Crippen molar-refractivity contribution >= 4 is 21.4 Å². The molecule has 0 saturated heterocycles. The van der Waals surface area contributed by atoms with E-state index in [9.17, 15) is 8.42 Å². The standard InChI is InChI=1S/C13H15NO3S2/c1-10-5-6-13(18-10)19(16,17)14-8-11-3-2-4-12(7-11)9-15/h2-7,14-15H,8-9H2,1H3. The number of aliphatic hydroxyl groups is 1. The second-order valence-electron chi connectivity index (χ2n) is 4.17. The molecule has 102 valence electrons. The Morgan fingerprint density at radius 2 is 1.95 bits per heavy atom. The van der Waals surface area contributed by atoms with E-state index in [0.717, 1.165) is 16.0 Å². The lowest BCUT2D eigenvalue weighted by atomic mass is 10.1. The van der Waals surface area contributed by atoms with Crippen LogP contribution in [0.2, 0.25) is 0 Å². The van der Waals surface area contributed by atoms with Crippen LogP contribution in [0.5, 0.6) is 0 Å². The van der Waals surface area contributed by atoms with Crippen LogP contribution in [-0.4, -0.2) is 13.5 Å². The lowest BCUT2D eigenvalue weighted by molar-refractivity contribution is 0.281. The van der Waals surface area contributed by atoms with Crippen LogP contribution in [0.4, 0.5) is 0 Å². The first-order chi connectivity index (χ1) is 9.01. The number of sulfonamides is 1. The molecule has 0 fully saturated rings. The zero-order valence-electron chi connectivity index (χ0n) is 10.5. The van der Waals surface area contributed by atoms with Crippen LogP contribution in [0.1, 0.15) is 16.0 Å². The molecular formula is C13H15NO3S2. The van der Waals surface area contributed by atoms with Gasteiger partial charge in [0.25, 0.3) is 0 Å². The van der Waals surface area contributed by atoms with Crippen molar-refractivity contribution < 1.29 is 13.5 Å². The highest BCUT2D eigenvalue weighted by Crippen LogP contribution is 2.20. The van der Waals surface area contributed by atoms with Crippen LogP contribution in [-0.2, 0) is 23.2 Å². The SMILES string of the molecule is Cc1ccc(S(=O)(=O)NCc2cccc(CO)c2)s1. The van der Waals surface area contributed by atoms with Gasteiger partial charge in [0.1, 0.15) is 4.21 Å². The first-order valence-electron chi connectivity index (χ1n) is 5.76. The summed E-state index contributed by atoms with van der Waals surface area (Å²) in [6, 6.07) is 10.6. The van der Waals surface area contributed by atoms with Crippen molar-refractivity contribution in [3.8, 4) is 0 Å². The van der Waals surface area contributed by atoms with E-state index in [4.69, 9.17) is 5.11 Å². The fourth-order valence-electron chi connectivity index (χ4n) is 1.64. The number of aryl methyl sites for hydroxylation is 1. The van der Waals surface area contributed by atoms with Gasteiger partial charge in [-0.15, -0.1) is 11.3 Å². The van der Waals surface area contributed by atoms with E-state index < -0.39 is 10.0 Å². The summed E-state index contributed by atoms with van der Waals surface area (Å²) in [6.07, 6.45) is 0. The number of hydrogen-bond acceptors (Lipinski definition) is 4. The Bertz CT molecular complexity index is 662. The van der Waals surface area contributed by atoms with Gasteiger partial charge in [-0.1, -0.05) is 24.3 Å². The number of thiophene rings is 1. The Balaban J connectivity index is 2.09. The second-order valence-corrected chi connectivity index (χ2v) is 7.45. The van der Waals surface area contributed by atoms with Crippen molar-refractivity contribution in [1.29, 1.82) is 0 Å². The van der Waals surface area contributed by atoms with Crippen LogP contribution < -0.4 is 4.72 Å². The van der Waals surface area contributed by atoms with E-state index in [2.05, 4.69) is 4.72 Å². The van der Waals surface area contributed by atoms with E-state index in [-0.39, 0.29) is 13.2 Å². The molecule has 0 aliphatic carbocycles. The van der Waals surface area contributed by atoms with Gasteiger partial charge in [0, 0.05) is 11.4 Å². The fraction of sp³-hybridized carbons (Fsp3) is 0.231. The van der Waals surface area contributed by atoms with Crippen molar-refractivity contribution in [3.05, 3.63) is 52.4 Å². The molecule has 1 aromatic carbocycles. The summed E-state index contributed by atoms with van der Waals surface area (Å²) in [6.45, 7) is 2.03. The molecule has 0 bridgehead atoms. The van der Waals surface area contributed by atoms with Crippen LogP contribution in [0, 0.1) is 6.92 Å². The van der Waals surface area contributed by atoms with Gasteiger partial charge in [-0.2, -0.15) is 0 Å². The van der Waals surface area contributed by atoms with Crippen molar-refractivity contribution in [1.82, 2.24) is 4.72 Å². The van der Waals surface area contributed by atoms with Gasteiger partial charge in [0.15, 0.2) is 0 Å². The molecule has 2 rings (SSSR count). The summed E-state index contributed by atoms with van der Waals surface area (Å²) in [5.74, 6) is 0. The van der Waals surface area contributed by atoms with Crippen LogP contribution >= 0.6 is 11.3 Å². The molecule has 0 unspecified atom stereocenters.